The van der Waals surface area contributed by atoms with Crippen LogP contribution in [-0.4, -0.2) is 68.6 Å². The summed E-state index contributed by atoms with van der Waals surface area (Å²) in [6.07, 6.45) is 12.0. The zero-order chi connectivity index (χ0) is 23.1. The Balaban J connectivity index is 1.21. The summed E-state index contributed by atoms with van der Waals surface area (Å²) in [5, 5.41) is 6.46. The Morgan fingerprint density at radius 1 is 0.971 bits per heavy atom. The smallest absolute Gasteiger partial charge is 0.169 e. The number of fused-ring (bicyclic) bond motifs is 1. The molecule has 2 fully saturated rings. The number of likely N-dealkylation sites (N-methyl/N-ethyl adjacent to an activating group) is 1. The summed E-state index contributed by atoms with van der Waals surface area (Å²) in [6, 6.07) is 8.29. The Bertz CT molecular complexity index is 1350. The van der Waals surface area contributed by atoms with Gasteiger partial charge in [-0.1, -0.05) is 0 Å². The third kappa shape index (κ3) is 4.28. The second-order valence-electron chi connectivity index (χ2n) is 9.33. The summed E-state index contributed by atoms with van der Waals surface area (Å²) in [5.41, 5.74) is 3.32. The monoisotopic (exact) mass is 453 g/mol. The predicted molar refractivity (Wildman–Crippen MR) is 131 cm³/mol. The number of pyridine rings is 3. The molecule has 6 rings (SSSR count). The van der Waals surface area contributed by atoms with E-state index in [-0.39, 0.29) is 12.2 Å². The fourth-order valence-electron chi connectivity index (χ4n) is 4.41. The van der Waals surface area contributed by atoms with Crippen molar-refractivity contribution in [2.75, 3.05) is 38.1 Å². The summed E-state index contributed by atoms with van der Waals surface area (Å²) >= 11 is 0. The number of carbonyl (C=O) groups is 1. The number of carbonyl (C=O) groups excluding carboxylic acids is 1. The molecule has 5 heterocycles. The van der Waals surface area contributed by atoms with E-state index in [0.717, 1.165) is 59.7 Å². The highest BCUT2D eigenvalue weighted by atomic mass is 16.1. The summed E-state index contributed by atoms with van der Waals surface area (Å²) in [5.74, 6) is 0.914. The Morgan fingerprint density at radius 2 is 1.79 bits per heavy atom. The maximum Gasteiger partial charge on any atom is 0.169 e. The molecule has 0 unspecified atom stereocenters. The molecular formula is C26H27N7O. The molecule has 2 aliphatic rings. The molecule has 0 bridgehead atoms. The molecule has 8 heteroatoms. The number of piperazine rings is 1. The van der Waals surface area contributed by atoms with Gasteiger partial charge in [0.15, 0.2) is 5.78 Å². The van der Waals surface area contributed by atoms with Gasteiger partial charge in [-0.05, 0) is 49.5 Å². The molecule has 0 N–H and O–H groups in total. The molecule has 0 amide bonds. The van der Waals surface area contributed by atoms with E-state index in [1.54, 1.807) is 18.5 Å². The summed E-state index contributed by atoms with van der Waals surface area (Å²) in [7, 11) is 2.13. The number of ketones is 1. The lowest BCUT2D eigenvalue weighted by Gasteiger charge is -2.33. The van der Waals surface area contributed by atoms with Gasteiger partial charge in [-0.25, -0.2) is 4.98 Å². The van der Waals surface area contributed by atoms with Crippen LogP contribution in [0.4, 0.5) is 5.82 Å². The Hall–Kier alpha value is -3.65. The van der Waals surface area contributed by atoms with Gasteiger partial charge in [0.1, 0.15) is 5.82 Å². The largest absolute Gasteiger partial charge is 0.354 e. The van der Waals surface area contributed by atoms with Gasteiger partial charge < -0.3 is 9.80 Å². The van der Waals surface area contributed by atoms with Crippen molar-refractivity contribution in [3.8, 4) is 11.3 Å². The Labute approximate surface area is 198 Å². The molecular weight excluding hydrogens is 426 g/mol. The fourth-order valence-corrected chi connectivity index (χ4v) is 4.41. The van der Waals surface area contributed by atoms with Crippen molar-refractivity contribution in [1.29, 1.82) is 0 Å². The molecule has 172 valence electrons. The second kappa shape index (κ2) is 8.61. The first-order valence-electron chi connectivity index (χ1n) is 11.8. The Kier molecular flexibility index (Phi) is 5.30. The van der Waals surface area contributed by atoms with Crippen LogP contribution in [0.5, 0.6) is 0 Å². The van der Waals surface area contributed by atoms with Gasteiger partial charge in [0.2, 0.25) is 0 Å². The quantitative estimate of drug-likeness (QED) is 0.414. The van der Waals surface area contributed by atoms with E-state index in [2.05, 4.69) is 49.2 Å². The van der Waals surface area contributed by atoms with Crippen LogP contribution in [0.25, 0.3) is 22.0 Å². The van der Waals surface area contributed by atoms with Crippen molar-refractivity contribution in [3.63, 3.8) is 0 Å². The average Bonchev–Trinajstić information content (AvgIpc) is 3.60. The van der Waals surface area contributed by atoms with Gasteiger partial charge in [0.25, 0.3) is 0 Å². The van der Waals surface area contributed by atoms with Crippen molar-refractivity contribution in [1.82, 2.24) is 29.6 Å². The van der Waals surface area contributed by atoms with E-state index >= 15 is 0 Å². The highest BCUT2D eigenvalue weighted by Crippen LogP contribution is 2.35. The van der Waals surface area contributed by atoms with Crippen molar-refractivity contribution in [3.05, 3.63) is 66.5 Å². The number of Topliss-reactive ketones (excluding diaryl/α,β-unsaturated/α-hetero) is 1. The lowest BCUT2D eigenvalue weighted by molar-refractivity contribution is 0.0992. The molecule has 0 aromatic carbocycles. The molecule has 4 aromatic rings. The van der Waals surface area contributed by atoms with Gasteiger partial charge >= 0.3 is 0 Å². The molecule has 4 aromatic heterocycles. The minimum absolute atomic E-state index is 0.0459. The van der Waals surface area contributed by atoms with E-state index in [0.29, 0.717) is 11.6 Å². The maximum atomic E-state index is 13.1. The summed E-state index contributed by atoms with van der Waals surface area (Å²) < 4.78 is 2.03. The summed E-state index contributed by atoms with van der Waals surface area (Å²) in [4.78, 5) is 31.2. The standard InChI is InChI=1S/C26H27N7O/c1-31-6-8-32(9-7-31)26-12-18(4-5-27-26)25(34)13-22-10-19-11-24(29-15-20(19)14-28-22)21-16-30-33(17-21)23-2-3-23/h4-5,10-12,14-17,23H,2-3,6-9,13H2,1H3. The minimum Gasteiger partial charge on any atom is -0.354 e. The number of hydrogen-bond acceptors (Lipinski definition) is 7. The molecule has 1 aliphatic carbocycles. The van der Waals surface area contributed by atoms with Crippen LogP contribution in [0.2, 0.25) is 0 Å². The number of hydrogen-bond donors (Lipinski definition) is 0. The molecule has 0 radical (unpaired) electrons. The second-order valence-corrected chi connectivity index (χ2v) is 9.33. The number of rotatable bonds is 6. The molecule has 0 spiro atoms. The van der Waals surface area contributed by atoms with Crippen molar-refractivity contribution in [2.24, 2.45) is 0 Å². The van der Waals surface area contributed by atoms with E-state index in [1.165, 1.54) is 12.8 Å². The number of nitrogens with zero attached hydrogens (tertiary/aromatic N) is 7. The first kappa shape index (κ1) is 20.9. The van der Waals surface area contributed by atoms with Gasteiger partial charge in [-0.15, -0.1) is 0 Å². The zero-order valence-corrected chi connectivity index (χ0v) is 19.3. The first-order chi connectivity index (χ1) is 16.6. The van der Waals surface area contributed by atoms with E-state index in [9.17, 15) is 4.79 Å². The number of aromatic nitrogens is 5. The lowest BCUT2D eigenvalue weighted by Crippen LogP contribution is -2.44. The van der Waals surface area contributed by atoms with Crippen LogP contribution in [0, 0.1) is 0 Å². The molecule has 1 aliphatic heterocycles. The SMILES string of the molecule is CN1CCN(c2cc(C(=O)Cc3cc4cc(-c5cnn(C6CC6)c5)ncc4cn3)ccn2)CC1. The molecule has 1 saturated carbocycles. The van der Waals surface area contributed by atoms with Crippen LogP contribution in [-0.2, 0) is 6.42 Å². The number of anilines is 1. The van der Waals surface area contributed by atoms with Gasteiger partial charge in [-0.3, -0.25) is 19.4 Å². The van der Waals surface area contributed by atoms with Gasteiger partial charge in [-0.2, -0.15) is 5.10 Å². The Morgan fingerprint density at radius 3 is 2.62 bits per heavy atom. The van der Waals surface area contributed by atoms with E-state index in [4.69, 9.17) is 0 Å². The molecule has 1 saturated heterocycles. The molecule has 34 heavy (non-hydrogen) atoms. The normalized spacial score (nSPS) is 16.8. The highest BCUT2D eigenvalue weighted by Gasteiger charge is 2.24. The topological polar surface area (TPSA) is 80.0 Å². The van der Waals surface area contributed by atoms with Gasteiger partial charge in [0.05, 0.1) is 24.4 Å². The molecule has 0 atom stereocenters. The van der Waals surface area contributed by atoms with Gasteiger partial charge in [0, 0.05) is 73.2 Å². The van der Waals surface area contributed by atoms with Crippen molar-refractivity contribution in [2.45, 2.75) is 25.3 Å². The maximum absolute atomic E-state index is 13.1. The zero-order valence-electron chi connectivity index (χ0n) is 19.3. The van der Waals surface area contributed by atoms with Crippen LogP contribution in [0.1, 0.15) is 34.9 Å². The highest BCUT2D eigenvalue weighted by molar-refractivity contribution is 5.98. The summed E-state index contributed by atoms with van der Waals surface area (Å²) in [6.45, 7) is 3.84. The third-order valence-electron chi connectivity index (χ3n) is 6.71. The van der Waals surface area contributed by atoms with Crippen molar-refractivity contribution < 1.29 is 4.79 Å². The predicted octanol–water partition coefficient (Wildman–Crippen LogP) is 3.40. The van der Waals surface area contributed by atoms with Crippen LogP contribution in [0.15, 0.2) is 55.2 Å². The van der Waals surface area contributed by atoms with E-state index in [1.807, 2.05) is 29.2 Å². The minimum atomic E-state index is 0.0459. The first-order valence-corrected chi connectivity index (χ1v) is 11.8. The van der Waals surface area contributed by atoms with Crippen LogP contribution < -0.4 is 4.90 Å². The van der Waals surface area contributed by atoms with Crippen LogP contribution >= 0.6 is 0 Å². The average molecular weight is 454 g/mol. The fraction of sp³-hybridized carbons (Fsp3) is 0.346. The third-order valence-corrected chi connectivity index (χ3v) is 6.71. The van der Waals surface area contributed by atoms with E-state index < -0.39 is 0 Å². The van der Waals surface area contributed by atoms with Crippen LogP contribution in [0.3, 0.4) is 0 Å². The molecule has 8 nitrogen and oxygen atoms in total. The van der Waals surface area contributed by atoms with Crippen molar-refractivity contribution >= 4 is 22.4 Å². The lowest BCUT2D eigenvalue weighted by atomic mass is 10.0.